The van der Waals surface area contributed by atoms with Gasteiger partial charge in [0.15, 0.2) is 5.82 Å². The van der Waals surface area contributed by atoms with E-state index in [-0.39, 0.29) is 34.6 Å². The number of para-hydroxylation sites is 1. The number of benzene rings is 2. The van der Waals surface area contributed by atoms with Gasteiger partial charge in [-0.15, -0.1) is 10.2 Å². The van der Waals surface area contributed by atoms with Crippen molar-refractivity contribution >= 4 is 16.0 Å². The van der Waals surface area contributed by atoms with E-state index in [2.05, 4.69) is 19.9 Å². The number of ether oxygens (including phenoxy) is 3. The van der Waals surface area contributed by atoms with E-state index >= 15 is 0 Å². The lowest BCUT2D eigenvalue weighted by atomic mass is 10.1. The number of hydrogen-bond donors (Lipinski definition) is 2. The van der Waals surface area contributed by atoms with Crippen molar-refractivity contribution < 1.29 is 36.5 Å². The van der Waals surface area contributed by atoms with Crippen molar-refractivity contribution in [1.29, 1.82) is 0 Å². The first-order valence-corrected chi connectivity index (χ1v) is 13.0. The molecule has 2 aromatic heterocycles. The molecule has 11 nitrogen and oxygen atoms in total. The number of nitrogens with zero attached hydrogens (tertiary/aromatic N) is 4. The smallest absolute Gasteiger partial charge is 0.243 e. The second kappa shape index (κ2) is 11.2. The minimum absolute atomic E-state index is 0.104. The van der Waals surface area contributed by atoms with Crippen molar-refractivity contribution in [3.63, 3.8) is 0 Å². The lowest BCUT2D eigenvalue weighted by molar-refractivity contribution is 0.171. The average Bonchev–Trinajstić information content (AvgIpc) is 3.33. The summed E-state index contributed by atoms with van der Waals surface area (Å²) in [6, 6.07) is 12.3. The number of hydrogen-bond acceptors (Lipinski definition) is 9. The molecule has 0 aliphatic heterocycles. The summed E-state index contributed by atoms with van der Waals surface area (Å²) < 4.78 is 74.3. The highest BCUT2D eigenvalue weighted by molar-refractivity contribution is 7.93. The largest absolute Gasteiger partial charge is 0.494 e. The van der Waals surface area contributed by atoms with Gasteiger partial charge in [0.2, 0.25) is 21.9 Å². The lowest BCUT2D eigenvalue weighted by Crippen LogP contribution is -2.32. The molecule has 0 unspecified atom stereocenters. The zero-order chi connectivity index (χ0) is 28.3. The maximum absolute atomic E-state index is 14.3. The molecule has 0 radical (unpaired) electrons. The van der Waals surface area contributed by atoms with Gasteiger partial charge >= 0.3 is 0 Å². The quantitative estimate of drug-likeness (QED) is 0.298. The van der Waals surface area contributed by atoms with Gasteiger partial charge < -0.3 is 19.3 Å². The molecular weight excluding hydrogens is 536 g/mol. The molecule has 2 N–H and O–H groups in total. The van der Waals surface area contributed by atoms with Crippen LogP contribution in [0.3, 0.4) is 0 Å². The van der Waals surface area contributed by atoms with E-state index in [1.807, 2.05) is 0 Å². The molecule has 2 aromatic carbocycles. The molecule has 4 aromatic rings. The summed E-state index contributed by atoms with van der Waals surface area (Å²) >= 11 is 0. The van der Waals surface area contributed by atoms with Gasteiger partial charge in [-0.05, 0) is 31.2 Å². The van der Waals surface area contributed by atoms with E-state index in [4.69, 9.17) is 14.2 Å². The number of pyridine rings is 1. The average molecular weight is 562 g/mol. The molecule has 2 heterocycles. The molecule has 0 saturated heterocycles. The summed E-state index contributed by atoms with van der Waals surface area (Å²) in [5.41, 5.74) is 0.146. The third-order valence-corrected chi connectivity index (χ3v) is 7.60. The Kier molecular flexibility index (Phi) is 7.97. The molecule has 39 heavy (non-hydrogen) atoms. The fourth-order valence-corrected chi connectivity index (χ4v) is 4.88. The van der Waals surface area contributed by atoms with E-state index in [9.17, 15) is 22.3 Å². The summed E-state index contributed by atoms with van der Waals surface area (Å²) in [4.78, 5) is 4.37. The Hall–Kier alpha value is -4.30. The first-order chi connectivity index (χ1) is 18.6. The molecule has 0 aliphatic carbocycles. The van der Waals surface area contributed by atoms with Crippen LogP contribution >= 0.6 is 0 Å². The predicted octanol–water partition coefficient (Wildman–Crippen LogP) is 3.50. The van der Waals surface area contributed by atoms with Gasteiger partial charge in [-0.1, -0.05) is 18.2 Å². The Balaban J connectivity index is 1.85. The number of aliphatic hydroxyl groups excluding tert-OH is 1. The van der Waals surface area contributed by atoms with Crippen LogP contribution < -0.4 is 18.9 Å². The van der Waals surface area contributed by atoms with E-state index in [0.717, 1.165) is 12.1 Å². The molecule has 0 amide bonds. The number of halogens is 2. The zero-order valence-corrected chi connectivity index (χ0v) is 22.1. The van der Waals surface area contributed by atoms with Crippen LogP contribution in [0.1, 0.15) is 18.6 Å². The third kappa shape index (κ3) is 5.47. The Bertz CT molecular complexity index is 1580. The SMILES string of the molecule is COc1cccc(-c2nnc(NS(=O)(=O)[C@H](C)[C@H](O)c3ccc(F)cc3F)n2-c2c(OC)cccc2OC)n1. The maximum Gasteiger partial charge on any atom is 0.243 e. The van der Waals surface area contributed by atoms with Crippen molar-refractivity contribution in [3.8, 4) is 34.6 Å². The number of anilines is 1. The fourth-order valence-electron chi connectivity index (χ4n) is 3.82. The highest BCUT2D eigenvalue weighted by Crippen LogP contribution is 2.38. The van der Waals surface area contributed by atoms with Crippen molar-refractivity contribution in [2.75, 3.05) is 26.1 Å². The van der Waals surface area contributed by atoms with Crippen molar-refractivity contribution in [2.24, 2.45) is 0 Å². The first kappa shape index (κ1) is 27.7. The number of sulfonamides is 1. The Labute approximate surface area is 223 Å². The molecule has 0 spiro atoms. The van der Waals surface area contributed by atoms with Gasteiger partial charge in [0.05, 0.1) is 21.3 Å². The second-order valence-corrected chi connectivity index (χ2v) is 10.3. The summed E-state index contributed by atoms with van der Waals surface area (Å²) in [5.74, 6) is -1.29. The summed E-state index contributed by atoms with van der Waals surface area (Å²) in [5, 5.41) is 17.3. The highest BCUT2D eigenvalue weighted by Gasteiger charge is 2.34. The molecule has 14 heteroatoms. The number of aromatic nitrogens is 4. The number of aliphatic hydroxyl groups is 1. The second-order valence-electron chi connectivity index (χ2n) is 8.22. The normalized spacial score (nSPS) is 13.0. The van der Waals surface area contributed by atoms with Crippen LogP contribution in [0.5, 0.6) is 17.4 Å². The zero-order valence-electron chi connectivity index (χ0n) is 21.3. The molecule has 0 fully saturated rings. The van der Waals surface area contributed by atoms with Crippen LogP contribution in [-0.2, 0) is 10.0 Å². The monoisotopic (exact) mass is 561 g/mol. The van der Waals surface area contributed by atoms with Crippen LogP contribution in [0.15, 0.2) is 54.6 Å². The van der Waals surface area contributed by atoms with Crippen LogP contribution in [0.25, 0.3) is 17.2 Å². The van der Waals surface area contributed by atoms with Gasteiger partial charge in [-0.2, -0.15) is 0 Å². The van der Waals surface area contributed by atoms with E-state index in [1.165, 1.54) is 32.8 Å². The molecule has 206 valence electrons. The number of rotatable bonds is 10. The predicted molar refractivity (Wildman–Crippen MR) is 138 cm³/mol. The van der Waals surface area contributed by atoms with Crippen LogP contribution in [0.4, 0.5) is 14.7 Å². The van der Waals surface area contributed by atoms with Gasteiger partial charge in [0, 0.05) is 17.7 Å². The molecule has 2 atom stereocenters. The molecule has 0 saturated carbocycles. The van der Waals surface area contributed by atoms with Gasteiger partial charge in [0.1, 0.15) is 45.9 Å². The van der Waals surface area contributed by atoms with Crippen LogP contribution in [0, 0.1) is 11.6 Å². The Morgan fingerprint density at radius 1 is 0.949 bits per heavy atom. The molecular formula is C25H25F2N5O6S. The van der Waals surface area contributed by atoms with Crippen molar-refractivity contribution in [2.45, 2.75) is 18.3 Å². The Morgan fingerprint density at radius 2 is 1.62 bits per heavy atom. The van der Waals surface area contributed by atoms with Gasteiger partial charge in [-0.25, -0.2) is 22.2 Å². The number of nitrogens with one attached hydrogen (secondary N) is 1. The topological polar surface area (TPSA) is 138 Å². The van der Waals surface area contributed by atoms with E-state index in [0.29, 0.717) is 17.6 Å². The summed E-state index contributed by atoms with van der Waals surface area (Å²) in [6.07, 6.45) is -1.83. The molecule has 0 aliphatic rings. The summed E-state index contributed by atoms with van der Waals surface area (Å²) in [7, 11) is -0.164. The van der Waals surface area contributed by atoms with E-state index in [1.54, 1.807) is 36.4 Å². The molecule has 4 rings (SSSR count). The minimum atomic E-state index is -4.45. The van der Waals surface area contributed by atoms with Crippen LogP contribution in [-0.4, -0.2) is 59.9 Å². The minimum Gasteiger partial charge on any atom is -0.494 e. The maximum atomic E-state index is 14.3. The standard InChI is InChI=1S/C25H25F2N5O6S/c1-14(23(33)16-12-11-15(26)13-17(16)27)39(34,35)31-25-30-29-24(18-7-5-10-21(28-18)38-4)32(25)22-19(36-2)8-6-9-20(22)37-3/h5-14,23,33H,1-4H3,(H,30,31)/t14-,23+/m1/s1. The third-order valence-electron chi connectivity index (χ3n) is 5.90. The highest BCUT2D eigenvalue weighted by atomic mass is 32.2. The van der Waals surface area contributed by atoms with Gasteiger partial charge in [0.25, 0.3) is 0 Å². The number of methoxy groups -OCH3 is 3. The van der Waals surface area contributed by atoms with Crippen molar-refractivity contribution in [3.05, 3.63) is 71.8 Å². The van der Waals surface area contributed by atoms with Crippen molar-refractivity contribution in [1.82, 2.24) is 19.7 Å². The van der Waals surface area contributed by atoms with Gasteiger partial charge in [-0.3, -0.25) is 9.29 Å². The lowest BCUT2D eigenvalue weighted by Gasteiger charge is -2.22. The fraction of sp³-hybridized carbons (Fsp3) is 0.240. The van der Waals surface area contributed by atoms with E-state index < -0.39 is 33.0 Å². The Morgan fingerprint density at radius 3 is 2.23 bits per heavy atom. The summed E-state index contributed by atoms with van der Waals surface area (Å²) in [6.45, 7) is 1.17. The first-order valence-electron chi connectivity index (χ1n) is 11.4. The molecule has 0 bridgehead atoms. The van der Waals surface area contributed by atoms with Crippen LogP contribution in [0.2, 0.25) is 0 Å².